The summed E-state index contributed by atoms with van der Waals surface area (Å²) in [4.78, 5) is 10.8. The highest BCUT2D eigenvalue weighted by molar-refractivity contribution is 6.28. The predicted molar refractivity (Wildman–Crippen MR) is 61.1 cm³/mol. The summed E-state index contributed by atoms with van der Waals surface area (Å²) >= 11 is 5.71. The third kappa shape index (κ3) is 1.52. The standard InChI is InChI=1S/C11H6ClN3O2/c12-9-4-3-8(17-9)11-14-13-10-7(6-16)2-1-5-15(10)11/h1-6H. The lowest BCUT2D eigenvalue weighted by molar-refractivity contribution is 0.112. The van der Waals surface area contributed by atoms with Crippen LogP contribution < -0.4 is 0 Å². The van der Waals surface area contributed by atoms with Gasteiger partial charge in [-0.05, 0) is 35.9 Å². The summed E-state index contributed by atoms with van der Waals surface area (Å²) < 4.78 is 6.94. The third-order valence-electron chi connectivity index (χ3n) is 2.39. The minimum absolute atomic E-state index is 0.281. The Balaban J connectivity index is 2.28. The van der Waals surface area contributed by atoms with Gasteiger partial charge in [-0.3, -0.25) is 9.20 Å². The Hall–Kier alpha value is -2.14. The van der Waals surface area contributed by atoms with Crippen molar-refractivity contribution in [1.82, 2.24) is 14.6 Å². The van der Waals surface area contributed by atoms with E-state index < -0.39 is 0 Å². The van der Waals surface area contributed by atoms with Crippen molar-refractivity contribution in [1.29, 1.82) is 0 Å². The lowest BCUT2D eigenvalue weighted by atomic mass is 10.3. The van der Waals surface area contributed by atoms with Crippen molar-refractivity contribution >= 4 is 23.5 Å². The molecule has 3 heterocycles. The van der Waals surface area contributed by atoms with Gasteiger partial charge in [0.1, 0.15) is 0 Å². The van der Waals surface area contributed by atoms with E-state index in [-0.39, 0.29) is 5.22 Å². The van der Waals surface area contributed by atoms with Crippen LogP contribution in [0.3, 0.4) is 0 Å². The molecule has 0 radical (unpaired) electrons. The van der Waals surface area contributed by atoms with Crippen molar-refractivity contribution in [2.75, 3.05) is 0 Å². The molecule has 0 saturated carbocycles. The molecular formula is C11H6ClN3O2. The summed E-state index contributed by atoms with van der Waals surface area (Å²) in [7, 11) is 0. The van der Waals surface area contributed by atoms with Gasteiger partial charge in [0.15, 0.2) is 22.9 Å². The van der Waals surface area contributed by atoms with Crippen LogP contribution in [-0.2, 0) is 0 Å². The number of halogens is 1. The molecule has 6 heteroatoms. The van der Waals surface area contributed by atoms with Crippen molar-refractivity contribution in [3.05, 3.63) is 41.2 Å². The van der Waals surface area contributed by atoms with Crippen molar-refractivity contribution < 1.29 is 9.21 Å². The predicted octanol–water partition coefficient (Wildman–Crippen LogP) is 2.46. The third-order valence-corrected chi connectivity index (χ3v) is 2.59. The molecule has 0 saturated heterocycles. The van der Waals surface area contributed by atoms with Crippen LogP contribution >= 0.6 is 11.6 Å². The molecule has 0 fully saturated rings. The number of aldehydes is 1. The Labute approximate surface area is 101 Å². The quantitative estimate of drug-likeness (QED) is 0.653. The number of nitrogens with zero attached hydrogens (tertiary/aromatic N) is 3. The zero-order chi connectivity index (χ0) is 11.8. The van der Waals surface area contributed by atoms with Gasteiger partial charge in [0, 0.05) is 6.20 Å². The number of carbonyl (C=O) groups excluding carboxylic acids is 1. The topological polar surface area (TPSA) is 60.4 Å². The van der Waals surface area contributed by atoms with E-state index >= 15 is 0 Å². The number of furan rings is 1. The molecule has 0 aromatic carbocycles. The molecule has 0 aliphatic rings. The Bertz CT molecular complexity index is 702. The first-order valence-electron chi connectivity index (χ1n) is 4.84. The smallest absolute Gasteiger partial charge is 0.204 e. The van der Waals surface area contributed by atoms with Crippen molar-refractivity contribution in [3.63, 3.8) is 0 Å². The van der Waals surface area contributed by atoms with Crippen LogP contribution in [0.2, 0.25) is 5.22 Å². The zero-order valence-corrected chi connectivity index (χ0v) is 9.26. The van der Waals surface area contributed by atoms with Crippen LogP contribution in [0.15, 0.2) is 34.9 Å². The van der Waals surface area contributed by atoms with E-state index in [1.54, 1.807) is 34.9 Å². The minimum Gasteiger partial charge on any atom is -0.441 e. The molecule has 17 heavy (non-hydrogen) atoms. The van der Waals surface area contributed by atoms with Crippen molar-refractivity contribution in [3.8, 4) is 11.6 Å². The number of hydrogen-bond donors (Lipinski definition) is 0. The first-order chi connectivity index (χ1) is 8.29. The Morgan fingerprint density at radius 3 is 2.88 bits per heavy atom. The van der Waals surface area contributed by atoms with Gasteiger partial charge in [-0.2, -0.15) is 0 Å². The summed E-state index contributed by atoms with van der Waals surface area (Å²) in [6.07, 6.45) is 2.50. The fourth-order valence-corrected chi connectivity index (χ4v) is 1.78. The molecule has 0 atom stereocenters. The molecule has 3 aromatic rings. The molecule has 0 aliphatic carbocycles. The average Bonchev–Trinajstić information content (AvgIpc) is 2.94. The molecule has 5 nitrogen and oxygen atoms in total. The van der Waals surface area contributed by atoms with Gasteiger partial charge in [0.25, 0.3) is 0 Å². The van der Waals surface area contributed by atoms with Gasteiger partial charge in [-0.1, -0.05) is 0 Å². The minimum atomic E-state index is 0.281. The fourth-order valence-electron chi connectivity index (χ4n) is 1.63. The molecule has 0 unspecified atom stereocenters. The molecule has 0 N–H and O–H groups in total. The molecule has 3 rings (SSSR count). The number of carbonyl (C=O) groups is 1. The molecule has 0 aliphatic heterocycles. The maximum atomic E-state index is 10.8. The highest BCUT2D eigenvalue weighted by atomic mass is 35.5. The molecule has 84 valence electrons. The average molecular weight is 248 g/mol. The van der Waals surface area contributed by atoms with Crippen molar-refractivity contribution in [2.45, 2.75) is 0 Å². The van der Waals surface area contributed by atoms with Crippen LogP contribution in [0, 0.1) is 0 Å². The van der Waals surface area contributed by atoms with Crippen LogP contribution in [0.1, 0.15) is 10.4 Å². The Morgan fingerprint density at radius 2 is 2.18 bits per heavy atom. The lowest BCUT2D eigenvalue weighted by Crippen LogP contribution is -1.91. The van der Waals surface area contributed by atoms with Gasteiger partial charge in [0.2, 0.25) is 5.82 Å². The normalized spacial score (nSPS) is 10.9. The van der Waals surface area contributed by atoms with Crippen LogP contribution in [0.25, 0.3) is 17.2 Å². The Morgan fingerprint density at radius 1 is 1.29 bits per heavy atom. The van der Waals surface area contributed by atoms with Gasteiger partial charge < -0.3 is 4.42 Å². The highest BCUT2D eigenvalue weighted by Crippen LogP contribution is 2.24. The number of hydrogen-bond acceptors (Lipinski definition) is 4. The number of rotatable bonds is 2. The van der Waals surface area contributed by atoms with Gasteiger partial charge in [0.05, 0.1) is 5.56 Å². The SMILES string of the molecule is O=Cc1cccn2c(-c3ccc(Cl)o3)nnc12. The van der Waals surface area contributed by atoms with E-state index in [4.69, 9.17) is 16.0 Å². The largest absolute Gasteiger partial charge is 0.441 e. The number of pyridine rings is 1. The van der Waals surface area contributed by atoms with Gasteiger partial charge >= 0.3 is 0 Å². The fraction of sp³-hybridized carbons (Fsp3) is 0. The van der Waals surface area contributed by atoms with Gasteiger partial charge in [-0.25, -0.2) is 0 Å². The second-order valence-electron chi connectivity index (χ2n) is 3.40. The number of fused-ring (bicyclic) bond motifs is 1. The van der Waals surface area contributed by atoms with E-state index in [0.29, 0.717) is 22.8 Å². The second-order valence-corrected chi connectivity index (χ2v) is 3.77. The Kier molecular flexibility index (Phi) is 2.19. The first kappa shape index (κ1) is 10.0. The van der Waals surface area contributed by atoms with E-state index in [1.807, 2.05) is 0 Å². The van der Waals surface area contributed by atoms with Crippen LogP contribution in [0.5, 0.6) is 0 Å². The molecule has 0 spiro atoms. The second kappa shape index (κ2) is 3.71. The summed E-state index contributed by atoms with van der Waals surface area (Å²) in [5.41, 5.74) is 0.967. The molecular weight excluding hydrogens is 242 g/mol. The lowest BCUT2D eigenvalue weighted by Gasteiger charge is -1.97. The molecule has 0 amide bonds. The molecule has 0 bridgehead atoms. The van der Waals surface area contributed by atoms with Gasteiger partial charge in [-0.15, -0.1) is 10.2 Å². The van der Waals surface area contributed by atoms with Crippen LogP contribution in [-0.4, -0.2) is 20.9 Å². The first-order valence-corrected chi connectivity index (χ1v) is 5.22. The summed E-state index contributed by atoms with van der Waals surface area (Å²) in [5.74, 6) is 1.01. The summed E-state index contributed by atoms with van der Waals surface area (Å²) in [6, 6.07) is 6.75. The summed E-state index contributed by atoms with van der Waals surface area (Å²) in [6.45, 7) is 0. The van der Waals surface area contributed by atoms with E-state index in [2.05, 4.69) is 10.2 Å². The molecule has 3 aromatic heterocycles. The van der Waals surface area contributed by atoms with Crippen LogP contribution in [0.4, 0.5) is 0 Å². The zero-order valence-electron chi connectivity index (χ0n) is 8.50. The van der Waals surface area contributed by atoms with Crippen molar-refractivity contribution in [2.24, 2.45) is 0 Å². The van der Waals surface area contributed by atoms with E-state index in [0.717, 1.165) is 6.29 Å². The summed E-state index contributed by atoms with van der Waals surface area (Å²) in [5, 5.41) is 8.22. The monoisotopic (exact) mass is 247 g/mol. The number of aromatic nitrogens is 3. The highest BCUT2D eigenvalue weighted by Gasteiger charge is 2.13. The maximum absolute atomic E-state index is 10.8. The van der Waals surface area contributed by atoms with E-state index in [1.165, 1.54) is 0 Å². The van der Waals surface area contributed by atoms with E-state index in [9.17, 15) is 4.79 Å². The maximum Gasteiger partial charge on any atom is 0.204 e.